The molecule has 3 rings (SSSR count). The molecule has 3 aromatic rings. The van der Waals surface area contributed by atoms with Crippen molar-refractivity contribution in [3.8, 4) is 17.6 Å². The number of nitriles is 1. The van der Waals surface area contributed by atoms with Crippen LogP contribution in [0.1, 0.15) is 11.1 Å². The Morgan fingerprint density at radius 1 is 1.13 bits per heavy atom. The molecule has 0 atom stereocenters. The normalized spacial score (nSPS) is 10.9. The largest absolute Gasteiger partial charge is 0.508 e. The molecular formula is C23H16BrFN2O3. The van der Waals surface area contributed by atoms with Crippen LogP contribution in [0.25, 0.3) is 6.08 Å². The summed E-state index contributed by atoms with van der Waals surface area (Å²) in [6, 6.07) is 19.0. The SMILES string of the molecule is N#C/C(=C\c1ccc(OCc2ccc(F)cc2)c(Br)c1)C(=O)Nc1ccc(O)cc1. The zero-order valence-electron chi connectivity index (χ0n) is 15.6. The van der Waals surface area contributed by atoms with Crippen LogP contribution in [0, 0.1) is 17.1 Å². The van der Waals surface area contributed by atoms with Crippen molar-refractivity contribution in [2.75, 3.05) is 5.32 Å². The molecule has 0 heterocycles. The van der Waals surface area contributed by atoms with Crippen molar-refractivity contribution in [2.24, 2.45) is 0 Å². The molecule has 0 spiro atoms. The smallest absolute Gasteiger partial charge is 0.266 e. The molecule has 0 saturated heterocycles. The van der Waals surface area contributed by atoms with Crippen LogP contribution < -0.4 is 10.1 Å². The summed E-state index contributed by atoms with van der Waals surface area (Å²) in [6.45, 7) is 0.270. The summed E-state index contributed by atoms with van der Waals surface area (Å²) in [5, 5.41) is 21.3. The first-order valence-electron chi connectivity index (χ1n) is 8.83. The van der Waals surface area contributed by atoms with Gasteiger partial charge in [-0.15, -0.1) is 0 Å². The van der Waals surface area contributed by atoms with Gasteiger partial charge in [0.15, 0.2) is 0 Å². The number of hydrogen-bond acceptors (Lipinski definition) is 4. The zero-order valence-corrected chi connectivity index (χ0v) is 17.2. The highest BCUT2D eigenvalue weighted by molar-refractivity contribution is 9.10. The summed E-state index contributed by atoms with van der Waals surface area (Å²) < 4.78 is 19.3. The third kappa shape index (κ3) is 5.69. The predicted octanol–water partition coefficient (Wildman–Crippen LogP) is 5.42. The predicted molar refractivity (Wildman–Crippen MR) is 115 cm³/mol. The summed E-state index contributed by atoms with van der Waals surface area (Å²) in [7, 11) is 0. The van der Waals surface area contributed by atoms with E-state index in [1.807, 2.05) is 6.07 Å². The van der Waals surface area contributed by atoms with Crippen molar-refractivity contribution < 1.29 is 19.0 Å². The van der Waals surface area contributed by atoms with Crippen molar-refractivity contribution in [3.05, 3.63) is 93.7 Å². The van der Waals surface area contributed by atoms with E-state index in [9.17, 15) is 19.6 Å². The molecule has 0 aliphatic heterocycles. The van der Waals surface area contributed by atoms with Crippen LogP contribution >= 0.6 is 15.9 Å². The molecule has 150 valence electrons. The van der Waals surface area contributed by atoms with Crippen LogP contribution in [0.15, 0.2) is 76.8 Å². The third-order valence-corrected chi connectivity index (χ3v) is 4.68. The Morgan fingerprint density at radius 3 is 2.47 bits per heavy atom. The Labute approximate surface area is 181 Å². The summed E-state index contributed by atoms with van der Waals surface area (Å²) in [6.07, 6.45) is 1.46. The average molecular weight is 467 g/mol. The lowest BCUT2D eigenvalue weighted by atomic mass is 10.1. The summed E-state index contributed by atoms with van der Waals surface area (Å²) in [5.74, 6) is -0.214. The number of amides is 1. The minimum absolute atomic E-state index is 0.0741. The minimum Gasteiger partial charge on any atom is -0.508 e. The molecule has 0 aliphatic rings. The zero-order chi connectivity index (χ0) is 21.5. The molecule has 3 aromatic carbocycles. The maximum absolute atomic E-state index is 13.0. The monoisotopic (exact) mass is 466 g/mol. The molecule has 0 saturated carbocycles. The number of phenolic OH excluding ortho intramolecular Hbond substituents is 1. The Hall–Kier alpha value is -3.63. The fraction of sp³-hybridized carbons (Fsp3) is 0.0435. The topological polar surface area (TPSA) is 82.3 Å². The van der Waals surface area contributed by atoms with E-state index in [1.54, 1.807) is 30.3 Å². The first-order chi connectivity index (χ1) is 14.4. The van der Waals surface area contributed by atoms with E-state index in [-0.39, 0.29) is 23.7 Å². The lowest BCUT2D eigenvalue weighted by Gasteiger charge is -2.09. The van der Waals surface area contributed by atoms with Gasteiger partial charge >= 0.3 is 0 Å². The van der Waals surface area contributed by atoms with Crippen LogP contribution in [0.4, 0.5) is 10.1 Å². The lowest BCUT2D eigenvalue weighted by molar-refractivity contribution is -0.112. The van der Waals surface area contributed by atoms with Crippen molar-refractivity contribution in [1.29, 1.82) is 5.26 Å². The molecule has 30 heavy (non-hydrogen) atoms. The second kappa shape index (κ2) is 9.72. The van der Waals surface area contributed by atoms with Gasteiger partial charge in [-0.3, -0.25) is 4.79 Å². The first-order valence-corrected chi connectivity index (χ1v) is 9.63. The van der Waals surface area contributed by atoms with E-state index >= 15 is 0 Å². The van der Waals surface area contributed by atoms with E-state index in [4.69, 9.17) is 4.74 Å². The molecule has 0 unspecified atom stereocenters. The number of carbonyl (C=O) groups excluding carboxylic acids is 1. The number of phenols is 1. The van der Waals surface area contributed by atoms with E-state index < -0.39 is 5.91 Å². The molecule has 1 amide bonds. The Bertz CT molecular complexity index is 1120. The highest BCUT2D eigenvalue weighted by Crippen LogP contribution is 2.28. The number of benzene rings is 3. The summed E-state index contributed by atoms with van der Waals surface area (Å²) >= 11 is 3.42. The average Bonchev–Trinajstić information content (AvgIpc) is 2.74. The number of anilines is 1. The number of ether oxygens (including phenoxy) is 1. The fourth-order valence-corrected chi connectivity index (χ4v) is 3.04. The van der Waals surface area contributed by atoms with Gasteiger partial charge in [0.1, 0.15) is 35.6 Å². The third-order valence-electron chi connectivity index (χ3n) is 4.06. The van der Waals surface area contributed by atoms with E-state index in [2.05, 4.69) is 21.2 Å². The molecule has 0 fully saturated rings. The minimum atomic E-state index is -0.559. The highest BCUT2D eigenvalue weighted by atomic mass is 79.9. The van der Waals surface area contributed by atoms with Crippen molar-refractivity contribution in [1.82, 2.24) is 0 Å². The quantitative estimate of drug-likeness (QED) is 0.288. The van der Waals surface area contributed by atoms with Gasteiger partial charge in [-0.05, 0) is 81.7 Å². The fourth-order valence-electron chi connectivity index (χ4n) is 2.52. The summed E-state index contributed by atoms with van der Waals surface area (Å²) in [5.41, 5.74) is 1.85. The van der Waals surface area contributed by atoms with Gasteiger partial charge in [0.2, 0.25) is 0 Å². The van der Waals surface area contributed by atoms with Crippen LogP contribution in [0.2, 0.25) is 0 Å². The molecule has 0 radical (unpaired) electrons. The molecule has 0 aliphatic carbocycles. The molecule has 0 bridgehead atoms. The number of halogens is 2. The number of aromatic hydroxyl groups is 1. The van der Waals surface area contributed by atoms with Gasteiger partial charge in [-0.1, -0.05) is 18.2 Å². The maximum atomic E-state index is 13.0. The number of nitrogens with one attached hydrogen (secondary N) is 1. The molecule has 7 heteroatoms. The standard InChI is InChI=1S/C23H16BrFN2O3/c24-21-12-16(3-10-22(21)30-14-15-1-4-18(25)5-2-15)11-17(13-26)23(29)27-19-6-8-20(28)9-7-19/h1-12,28H,14H2,(H,27,29)/b17-11+. The molecule has 5 nitrogen and oxygen atoms in total. The van der Waals surface area contributed by atoms with Crippen molar-refractivity contribution in [2.45, 2.75) is 6.61 Å². The Kier molecular flexibility index (Phi) is 6.83. The van der Waals surface area contributed by atoms with Crippen LogP contribution in [0.5, 0.6) is 11.5 Å². The van der Waals surface area contributed by atoms with Gasteiger partial charge in [0.25, 0.3) is 5.91 Å². The number of nitrogens with zero attached hydrogens (tertiary/aromatic N) is 1. The van der Waals surface area contributed by atoms with Gasteiger partial charge in [0, 0.05) is 5.69 Å². The second-order valence-corrected chi connectivity index (χ2v) is 7.13. The molecule has 0 aromatic heterocycles. The Balaban J connectivity index is 1.69. The maximum Gasteiger partial charge on any atom is 0.266 e. The van der Waals surface area contributed by atoms with Crippen LogP contribution in [-0.4, -0.2) is 11.0 Å². The summed E-state index contributed by atoms with van der Waals surface area (Å²) in [4.78, 5) is 12.3. The van der Waals surface area contributed by atoms with Crippen molar-refractivity contribution in [3.63, 3.8) is 0 Å². The number of hydrogen-bond donors (Lipinski definition) is 2. The second-order valence-electron chi connectivity index (χ2n) is 6.28. The van der Waals surface area contributed by atoms with E-state index in [0.717, 1.165) is 5.56 Å². The van der Waals surface area contributed by atoms with Crippen LogP contribution in [0.3, 0.4) is 0 Å². The lowest BCUT2D eigenvalue weighted by Crippen LogP contribution is -2.13. The molecular weight excluding hydrogens is 451 g/mol. The van der Waals surface area contributed by atoms with Gasteiger partial charge < -0.3 is 15.2 Å². The van der Waals surface area contributed by atoms with Crippen LogP contribution in [-0.2, 0) is 11.4 Å². The van der Waals surface area contributed by atoms with Crippen molar-refractivity contribution >= 4 is 33.6 Å². The van der Waals surface area contributed by atoms with E-state index in [1.165, 1.54) is 42.5 Å². The molecule has 2 N–H and O–H groups in total. The van der Waals surface area contributed by atoms with Gasteiger partial charge in [-0.2, -0.15) is 5.26 Å². The Morgan fingerprint density at radius 2 is 1.83 bits per heavy atom. The van der Waals surface area contributed by atoms with Gasteiger partial charge in [0.05, 0.1) is 4.47 Å². The highest BCUT2D eigenvalue weighted by Gasteiger charge is 2.11. The van der Waals surface area contributed by atoms with E-state index in [0.29, 0.717) is 21.5 Å². The number of carbonyl (C=O) groups is 1. The first kappa shape index (κ1) is 21.1. The number of rotatable bonds is 6. The van der Waals surface area contributed by atoms with Gasteiger partial charge in [-0.25, -0.2) is 4.39 Å².